The molecule has 104 valence electrons. The van der Waals surface area contributed by atoms with Gasteiger partial charge in [-0.1, -0.05) is 6.92 Å². The molecule has 19 heavy (non-hydrogen) atoms. The molecule has 1 atom stereocenters. The van der Waals surface area contributed by atoms with E-state index in [1.54, 1.807) is 0 Å². The number of Topliss-reactive ketones (excluding diaryl/α,β-unsaturated/α-hetero) is 1. The fraction of sp³-hybridized carbons (Fsp3) is 0.533. The van der Waals surface area contributed by atoms with Crippen molar-refractivity contribution in [1.29, 1.82) is 0 Å². The molecule has 0 radical (unpaired) electrons. The third-order valence-electron chi connectivity index (χ3n) is 4.04. The largest absolute Gasteiger partial charge is 0.496 e. The van der Waals surface area contributed by atoms with Crippen LogP contribution in [0.25, 0.3) is 0 Å². The minimum Gasteiger partial charge on any atom is -0.496 e. The van der Waals surface area contributed by atoms with Crippen LogP contribution in [0.1, 0.15) is 36.5 Å². The normalized spacial score (nSPS) is 23.1. The molecule has 1 aromatic rings. The predicted octanol–water partition coefficient (Wildman–Crippen LogP) is 2.80. The van der Waals surface area contributed by atoms with Crippen LogP contribution in [-0.4, -0.2) is 26.0 Å². The lowest BCUT2D eigenvalue weighted by atomic mass is 9.72. The second-order valence-corrected chi connectivity index (χ2v) is 5.09. The lowest BCUT2D eigenvalue weighted by Gasteiger charge is -2.35. The number of piperidine rings is 1. The first-order chi connectivity index (χ1) is 9.13. The maximum absolute atomic E-state index is 13.4. The van der Waals surface area contributed by atoms with Gasteiger partial charge < -0.3 is 10.1 Å². The highest BCUT2D eigenvalue weighted by Gasteiger charge is 2.39. The van der Waals surface area contributed by atoms with Crippen LogP contribution in [0.4, 0.5) is 4.39 Å². The minimum absolute atomic E-state index is 0.0152. The monoisotopic (exact) mass is 265 g/mol. The zero-order valence-corrected chi connectivity index (χ0v) is 11.5. The lowest BCUT2D eigenvalue weighted by Crippen LogP contribution is -2.45. The van der Waals surface area contributed by atoms with Gasteiger partial charge in [-0.3, -0.25) is 4.79 Å². The second-order valence-electron chi connectivity index (χ2n) is 5.09. The molecular formula is C15H20FNO2. The van der Waals surface area contributed by atoms with E-state index in [2.05, 4.69) is 5.32 Å². The first kappa shape index (κ1) is 14.0. The number of rotatable bonds is 4. The molecule has 1 aliphatic rings. The Morgan fingerprint density at radius 2 is 2.32 bits per heavy atom. The van der Waals surface area contributed by atoms with Gasteiger partial charge in [-0.05, 0) is 44.0 Å². The molecule has 0 aliphatic carbocycles. The van der Waals surface area contributed by atoms with Crippen LogP contribution in [0.5, 0.6) is 5.75 Å². The Kier molecular flexibility index (Phi) is 4.20. The van der Waals surface area contributed by atoms with E-state index >= 15 is 0 Å². The summed E-state index contributed by atoms with van der Waals surface area (Å²) >= 11 is 0. The quantitative estimate of drug-likeness (QED) is 0.851. The number of hydrogen-bond acceptors (Lipinski definition) is 3. The Bertz CT molecular complexity index is 467. The van der Waals surface area contributed by atoms with Gasteiger partial charge in [-0.25, -0.2) is 4.39 Å². The van der Waals surface area contributed by atoms with Crippen LogP contribution in [0, 0.1) is 11.2 Å². The number of benzene rings is 1. The van der Waals surface area contributed by atoms with Crippen LogP contribution >= 0.6 is 0 Å². The molecule has 3 nitrogen and oxygen atoms in total. The number of methoxy groups -OCH3 is 1. The van der Waals surface area contributed by atoms with E-state index in [0.29, 0.717) is 17.9 Å². The van der Waals surface area contributed by atoms with Gasteiger partial charge in [-0.15, -0.1) is 0 Å². The summed E-state index contributed by atoms with van der Waals surface area (Å²) in [7, 11) is 1.50. The summed E-state index contributed by atoms with van der Waals surface area (Å²) in [6.07, 6.45) is 2.56. The summed E-state index contributed by atoms with van der Waals surface area (Å²) in [6.45, 7) is 3.61. The van der Waals surface area contributed by atoms with Crippen LogP contribution in [-0.2, 0) is 0 Å². The fourth-order valence-electron chi connectivity index (χ4n) is 2.77. The molecule has 0 spiro atoms. The van der Waals surface area contributed by atoms with Crippen molar-refractivity contribution in [3.8, 4) is 5.75 Å². The van der Waals surface area contributed by atoms with Crippen molar-refractivity contribution < 1.29 is 13.9 Å². The molecule has 1 unspecified atom stereocenters. The Hall–Kier alpha value is -1.42. The molecule has 4 heteroatoms. The molecule has 1 N–H and O–H groups in total. The Morgan fingerprint density at radius 1 is 1.53 bits per heavy atom. The van der Waals surface area contributed by atoms with Gasteiger partial charge >= 0.3 is 0 Å². The van der Waals surface area contributed by atoms with E-state index in [1.807, 2.05) is 6.92 Å². The number of carbonyl (C=O) groups is 1. The summed E-state index contributed by atoms with van der Waals surface area (Å²) in [5, 5.41) is 3.27. The minimum atomic E-state index is -0.431. The summed E-state index contributed by atoms with van der Waals surface area (Å²) in [4.78, 5) is 12.8. The SMILES string of the molecule is CCC1(C(=O)c2cc(F)ccc2OC)CCCNC1. The van der Waals surface area contributed by atoms with Crippen molar-refractivity contribution in [3.63, 3.8) is 0 Å². The summed E-state index contributed by atoms with van der Waals surface area (Å²) in [5.74, 6) is 0.0301. The fourth-order valence-corrected chi connectivity index (χ4v) is 2.77. The Labute approximate surface area is 113 Å². The van der Waals surface area contributed by atoms with Gasteiger partial charge in [0, 0.05) is 12.0 Å². The summed E-state index contributed by atoms with van der Waals surface area (Å²) in [6, 6.07) is 4.11. The van der Waals surface area contributed by atoms with Crippen molar-refractivity contribution in [2.45, 2.75) is 26.2 Å². The second kappa shape index (κ2) is 5.70. The van der Waals surface area contributed by atoms with Gasteiger partial charge in [0.25, 0.3) is 0 Å². The van der Waals surface area contributed by atoms with E-state index in [4.69, 9.17) is 4.74 Å². The molecule has 1 aliphatic heterocycles. The molecular weight excluding hydrogens is 245 g/mol. The van der Waals surface area contributed by atoms with Crippen molar-refractivity contribution >= 4 is 5.78 Å². The van der Waals surface area contributed by atoms with E-state index in [1.165, 1.54) is 25.3 Å². The third kappa shape index (κ3) is 2.63. The maximum atomic E-state index is 13.4. The summed E-state index contributed by atoms with van der Waals surface area (Å²) < 4.78 is 18.6. The smallest absolute Gasteiger partial charge is 0.174 e. The van der Waals surface area contributed by atoms with Crippen molar-refractivity contribution in [2.75, 3.05) is 20.2 Å². The standard InChI is InChI=1S/C15H20FNO2/c1-3-15(7-4-8-17-10-15)14(18)12-9-11(16)5-6-13(12)19-2/h5-6,9,17H,3-4,7-8,10H2,1-2H3. The number of hydrogen-bond donors (Lipinski definition) is 1. The predicted molar refractivity (Wildman–Crippen MR) is 72.1 cm³/mol. The van der Waals surface area contributed by atoms with Crippen molar-refractivity contribution in [1.82, 2.24) is 5.32 Å². The zero-order valence-electron chi connectivity index (χ0n) is 11.5. The average molecular weight is 265 g/mol. The molecule has 1 saturated heterocycles. The van der Waals surface area contributed by atoms with E-state index in [0.717, 1.165) is 25.8 Å². The molecule has 0 bridgehead atoms. The highest BCUT2D eigenvalue weighted by Crippen LogP contribution is 2.36. The lowest BCUT2D eigenvalue weighted by molar-refractivity contribution is 0.0726. The van der Waals surface area contributed by atoms with Gasteiger partial charge in [0.1, 0.15) is 11.6 Å². The number of halogens is 1. The highest BCUT2D eigenvalue weighted by atomic mass is 19.1. The summed E-state index contributed by atoms with van der Waals surface area (Å²) in [5.41, 5.74) is -0.0766. The maximum Gasteiger partial charge on any atom is 0.174 e. The van der Waals surface area contributed by atoms with Crippen molar-refractivity contribution in [2.24, 2.45) is 5.41 Å². The zero-order chi connectivity index (χ0) is 13.9. The van der Waals surface area contributed by atoms with E-state index in [9.17, 15) is 9.18 Å². The topological polar surface area (TPSA) is 38.3 Å². The Morgan fingerprint density at radius 3 is 2.89 bits per heavy atom. The third-order valence-corrected chi connectivity index (χ3v) is 4.04. The Balaban J connectivity index is 2.39. The molecule has 0 aromatic heterocycles. The van der Waals surface area contributed by atoms with Gasteiger partial charge in [0.05, 0.1) is 12.7 Å². The molecule has 1 fully saturated rings. The number of ether oxygens (including phenoxy) is 1. The first-order valence-corrected chi connectivity index (χ1v) is 6.72. The molecule has 2 rings (SSSR count). The molecule has 1 heterocycles. The number of nitrogens with one attached hydrogen (secondary N) is 1. The van der Waals surface area contributed by atoms with Crippen LogP contribution < -0.4 is 10.1 Å². The first-order valence-electron chi connectivity index (χ1n) is 6.72. The van der Waals surface area contributed by atoms with E-state index in [-0.39, 0.29) is 5.78 Å². The van der Waals surface area contributed by atoms with Gasteiger partial charge in [0.15, 0.2) is 5.78 Å². The molecule has 0 saturated carbocycles. The molecule has 1 aromatic carbocycles. The van der Waals surface area contributed by atoms with Crippen LogP contribution in [0.3, 0.4) is 0 Å². The van der Waals surface area contributed by atoms with Crippen LogP contribution in [0.15, 0.2) is 18.2 Å². The number of carbonyl (C=O) groups excluding carboxylic acids is 1. The average Bonchev–Trinajstić information content (AvgIpc) is 2.47. The van der Waals surface area contributed by atoms with Crippen molar-refractivity contribution in [3.05, 3.63) is 29.6 Å². The van der Waals surface area contributed by atoms with Crippen LogP contribution in [0.2, 0.25) is 0 Å². The van der Waals surface area contributed by atoms with Gasteiger partial charge in [-0.2, -0.15) is 0 Å². The molecule has 0 amide bonds. The van der Waals surface area contributed by atoms with E-state index < -0.39 is 11.2 Å². The van der Waals surface area contributed by atoms with Gasteiger partial charge in [0.2, 0.25) is 0 Å². The number of ketones is 1. The highest BCUT2D eigenvalue weighted by molar-refractivity contribution is 6.03.